The SMILES string of the molecule is CC(=O)NCC(=O)N1CCC[C@@H](c2cc(Nc3ncccc3C)cc(C)n2)C1. The molecule has 2 amide bonds. The van der Waals surface area contributed by atoms with Crippen molar-refractivity contribution in [2.75, 3.05) is 25.0 Å². The second kappa shape index (κ2) is 8.82. The highest BCUT2D eigenvalue weighted by atomic mass is 16.2. The molecule has 7 heteroatoms. The fourth-order valence-electron chi connectivity index (χ4n) is 3.49. The van der Waals surface area contributed by atoms with Crippen LogP contribution in [0.25, 0.3) is 0 Å². The number of aromatic nitrogens is 2. The van der Waals surface area contributed by atoms with Crippen LogP contribution in [0.4, 0.5) is 11.5 Å². The second-order valence-corrected chi connectivity index (χ2v) is 7.30. The Morgan fingerprint density at radius 2 is 2.11 bits per heavy atom. The molecule has 0 aromatic carbocycles. The smallest absolute Gasteiger partial charge is 0.241 e. The number of piperidine rings is 1. The maximum atomic E-state index is 12.4. The van der Waals surface area contributed by atoms with Gasteiger partial charge in [0.05, 0.1) is 6.54 Å². The Labute approximate surface area is 165 Å². The number of pyridine rings is 2. The minimum absolute atomic E-state index is 0.0463. The summed E-state index contributed by atoms with van der Waals surface area (Å²) in [5.74, 6) is 0.771. The monoisotopic (exact) mass is 381 g/mol. The van der Waals surface area contributed by atoms with Crippen LogP contribution in [-0.4, -0.2) is 46.3 Å². The lowest BCUT2D eigenvalue weighted by Gasteiger charge is -2.33. The fourth-order valence-corrected chi connectivity index (χ4v) is 3.49. The Morgan fingerprint density at radius 3 is 2.86 bits per heavy atom. The molecule has 7 nitrogen and oxygen atoms in total. The Balaban J connectivity index is 1.74. The highest BCUT2D eigenvalue weighted by Gasteiger charge is 2.26. The summed E-state index contributed by atoms with van der Waals surface area (Å²) in [4.78, 5) is 34.4. The van der Waals surface area contributed by atoms with Crippen molar-refractivity contribution in [3.05, 3.63) is 47.4 Å². The van der Waals surface area contributed by atoms with Gasteiger partial charge in [-0.1, -0.05) is 6.07 Å². The quantitative estimate of drug-likeness (QED) is 0.831. The molecule has 1 aliphatic heterocycles. The van der Waals surface area contributed by atoms with Gasteiger partial charge >= 0.3 is 0 Å². The van der Waals surface area contributed by atoms with E-state index in [2.05, 4.69) is 15.6 Å². The Kier molecular flexibility index (Phi) is 6.23. The summed E-state index contributed by atoms with van der Waals surface area (Å²) in [6.07, 6.45) is 3.68. The summed E-state index contributed by atoms with van der Waals surface area (Å²) in [6, 6.07) is 7.98. The van der Waals surface area contributed by atoms with Crippen LogP contribution in [0.2, 0.25) is 0 Å². The van der Waals surface area contributed by atoms with E-state index in [-0.39, 0.29) is 24.3 Å². The number of carbonyl (C=O) groups excluding carboxylic acids is 2. The average molecular weight is 381 g/mol. The molecule has 0 unspecified atom stereocenters. The first-order valence-electron chi connectivity index (χ1n) is 9.62. The Bertz CT molecular complexity index is 868. The van der Waals surface area contributed by atoms with Crippen molar-refractivity contribution in [1.82, 2.24) is 20.2 Å². The number of rotatable bonds is 5. The van der Waals surface area contributed by atoms with Crippen LogP contribution < -0.4 is 10.6 Å². The van der Waals surface area contributed by atoms with Gasteiger partial charge < -0.3 is 15.5 Å². The molecule has 1 saturated heterocycles. The van der Waals surface area contributed by atoms with Gasteiger partial charge in [-0.3, -0.25) is 14.6 Å². The van der Waals surface area contributed by atoms with E-state index in [1.54, 1.807) is 6.20 Å². The van der Waals surface area contributed by atoms with E-state index in [0.717, 1.165) is 47.8 Å². The molecule has 0 bridgehead atoms. The molecule has 2 aromatic rings. The van der Waals surface area contributed by atoms with E-state index in [4.69, 9.17) is 4.98 Å². The van der Waals surface area contributed by atoms with Crippen molar-refractivity contribution < 1.29 is 9.59 Å². The van der Waals surface area contributed by atoms with Gasteiger partial charge in [-0.05, 0) is 50.5 Å². The number of carbonyl (C=O) groups is 2. The second-order valence-electron chi connectivity index (χ2n) is 7.30. The van der Waals surface area contributed by atoms with E-state index >= 15 is 0 Å². The van der Waals surface area contributed by atoms with E-state index < -0.39 is 0 Å². The van der Waals surface area contributed by atoms with Crippen molar-refractivity contribution in [1.29, 1.82) is 0 Å². The minimum atomic E-state index is -0.192. The van der Waals surface area contributed by atoms with Gasteiger partial charge in [0.1, 0.15) is 5.82 Å². The maximum absolute atomic E-state index is 12.4. The molecule has 1 aliphatic rings. The number of hydrogen-bond acceptors (Lipinski definition) is 5. The number of hydrogen-bond donors (Lipinski definition) is 2. The van der Waals surface area contributed by atoms with Crippen LogP contribution in [0, 0.1) is 13.8 Å². The Morgan fingerprint density at radius 1 is 1.29 bits per heavy atom. The van der Waals surface area contributed by atoms with Crippen molar-refractivity contribution in [3.8, 4) is 0 Å². The number of nitrogens with one attached hydrogen (secondary N) is 2. The van der Waals surface area contributed by atoms with E-state index in [0.29, 0.717) is 6.54 Å². The molecule has 0 aliphatic carbocycles. The van der Waals surface area contributed by atoms with Gasteiger partial charge in [0.15, 0.2) is 0 Å². The molecule has 28 heavy (non-hydrogen) atoms. The first-order valence-corrected chi connectivity index (χ1v) is 9.62. The lowest BCUT2D eigenvalue weighted by atomic mass is 9.93. The summed E-state index contributed by atoms with van der Waals surface area (Å²) in [6.45, 7) is 6.80. The molecule has 0 radical (unpaired) electrons. The average Bonchev–Trinajstić information content (AvgIpc) is 2.67. The van der Waals surface area contributed by atoms with Crippen LogP contribution >= 0.6 is 0 Å². The lowest BCUT2D eigenvalue weighted by Crippen LogP contribution is -2.44. The van der Waals surface area contributed by atoms with Crippen LogP contribution in [0.5, 0.6) is 0 Å². The van der Waals surface area contributed by atoms with Gasteiger partial charge in [0, 0.05) is 49.2 Å². The predicted molar refractivity (Wildman–Crippen MR) is 108 cm³/mol. The summed E-state index contributed by atoms with van der Waals surface area (Å²) in [5, 5.41) is 5.97. The minimum Gasteiger partial charge on any atom is -0.347 e. The van der Waals surface area contributed by atoms with E-state index in [9.17, 15) is 9.59 Å². The normalized spacial score (nSPS) is 16.5. The number of amides is 2. The first-order chi connectivity index (χ1) is 13.4. The van der Waals surface area contributed by atoms with Gasteiger partial charge in [-0.2, -0.15) is 0 Å². The van der Waals surface area contributed by atoms with Crippen molar-refractivity contribution in [2.24, 2.45) is 0 Å². The molecule has 0 spiro atoms. The fraction of sp³-hybridized carbons (Fsp3) is 0.429. The molecule has 0 saturated carbocycles. The summed E-state index contributed by atoms with van der Waals surface area (Å²) in [5.41, 5.74) is 3.93. The first kappa shape index (κ1) is 19.8. The topological polar surface area (TPSA) is 87.2 Å². The summed E-state index contributed by atoms with van der Waals surface area (Å²) < 4.78 is 0. The standard InChI is InChI=1S/C21H27N5O2/c1-14-6-4-8-22-21(14)25-18-10-15(2)24-19(11-18)17-7-5-9-26(13-17)20(28)12-23-16(3)27/h4,6,8,10-11,17H,5,7,9,12-13H2,1-3H3,(H,23,27)(H,22,24,25)/t17-/m1/s1. The molecule has 1 fully saturated rings. The number of aryl methyl sites for hydroxylation is 2. The molecule has 2 N–H and O–H groups in total. The van der Waals surface area contributed by atoms with Gasteiger partial charge in [-0.25, -0.2) is 4.98 Å². The van der Waals surface area contributed by atoms with Gasteiger partial charge in [-0.15, -0.1) is 0 Å². The molecule has 2 aromatic heterocycles. The van der Waals surface area contributed by atoms with Crippen molar-refractivity contribution in [2.45, 2.75) is 39.5 Å². The Hall–Kier alpha value is -2.96. The molecule has 3 rings (SSSR count). The number of nitrogens with zero attached hydrogens (tertiary/aromatic N) is 3. The third-order valence-electron chi connectivity index (χ3n) is 4.93. The molecule has 148 valence electrons. The zero-order valence-electron chi connectivity index (χ0n) is 16.7. The molecular formula is C21H27N5O2. The highest BCUT2D eigenvalue weighted by Crippen LogP contribution is 2.29. The van der Waals surface area contributed by atoms with Crippen LogP contribution in [0.15, 0.2) is 30.5 Å². The van der Waals surface area contributed by atoms with Crippen LogP contribution in [-0.2, 0) is 9.59 Å². The van der Waals surface area contributed by atoms with Crippen molar-refractivity contribution in [3.63, 3.8) is 0 Å². The van der Waals surface area contributed by atoms with Gasteiger partial charge in [0.25, 0.3) is 0 Å². The third kappa shape index (κ3) is 5.06. The van der Waals surface area contributed by atoms with Crippen LogP contribution in [0.3, 0.4) is 0 Å². The molecule has 3 heterocycles. The largest absolute Gasteiger partial charge is 0.347 e. The third-order valence-corrected chi connectivity index (χ3v) is 4.93. The summed E-state index contributed by atoms with van der Waals surface area (Å²) >= 11 is 0. The molecule has 1 atom stereocenters. The predicted octanol–water partition coefficient (Wildman–Crippen LogP) is 2.68. The number of anilines is 2. The van der Waals surface area contributed by atoms with E-state index in [1.165, 1.54) is 6.92 Å². The zero-order chi connectivity index (χ0) is 20.1. The highest BCUT2D eigenvalue weighted by molar-refractivity contribution is 5.83. The van der Waals surface area contributed by atoms with Crippen molar-refractivity contribution >= 4 is 23.3 Å². The van der Waals surface area contributed by atoms with Gasteiger partial charge in [0.2, 0.25) is 11.8 Å². The zero-order valence-corrected chi connectivity index (χ0v) is 16.7. The maximum Gasteiger partial charge on any atom is 0.241 e. The van der Waals surface area contributed by atoms with Crippen LogP contribution in [0.1, 0.15) is 42.6 Å². The number of likely N-dealkylation sites (tertiary alicyclic amines) is 1. The molecular weight excluding hydrogens is 354 g/mol. The summed E-state index contributed by atoms with van der Waals surface area (Å²) in [7, 11) is 0. The lowest BCUT2D eigenvalue weighted by molar-refractivity contribution is -0.133. The van der Waals surface area contributed by atoms with E-state index in [1.807, 2.05) is 43.0 Å².